The van der Waals surface area contributed by atoms with E-state index in [0.717, 1.165) is 18.4 Å². The average Bonchev–Trinajstić information content (AvgIpc) is 2.35. The number of carbonyl (C=O) groups excluding carboxylic acids is 1. The van der Waals surface area contributed by atoms with Gasteiger partial charge < -0.3 is 14.9 Å². The predicted molar refractivity (Wildman–Crippen MR) is 82.6 cm³/mol. The molecule has 1 aliphatic rings. The Balaban J connectivity index is 3.08. The Bertz CT molecular complexity index is 409. The van der Waals surface area contributed by atoms with E-state index in [2.05, 4.69) is 20.4 Å². The summed E-state index contributed by atoms with van der Waals surface area (Å²) in [5.74, 6) is 0.244. The second-order valence-electron chi connectivity index (χ2n) is 6.54. The number of rotatable bonds is 2. The normalized spacial score (nSPS) is 36.3. The van der Waals surface area contributed by atoms with Crippen molar-refractivity contribution in [3.05, 3.63) is 24.3 Å². The number of aliphatic hydroxyl groups excluding tert-OH is 1. The minimum Gasteiger partial charge on any atom is -0.459 e. The molecule has 4 atom stereocenters. The van der Waals surface area contributed by atoms with Gasteiger partial charge in [0.2, 0.25) is 0 Å². The quantitative estimate of drug-likeness (QED) is 0.607. The van der Waals surface area contributed by atoms with E-state index in [1.165, 1.54) is 6.92 Å². The Hall–Kier alpha value is -1.13. The van der Waals surface area contributed by atoms with Gasteiger partial charge >= 0.3 is 5.97 Å². The monoisotopic (exact) mass is 296 g/mol. The van der Waals surface area contributed by atoms with Gasteiger partial charge in [0.15, 0.2) is 0 Å². The van der Waals surface area contributed by atoms with Crippen LogP contribution in [0.25, 0.3) is 0 Å². The fraction of sp³-hybridized carbons (Fsp3) is 0.706. The van der Waals surface area contributed by atoms with Gasteiger partial charge in [0.05, 0.1) is 6.10 Å². The molecule has 0 fully saturated rings. The Morgan fingerprint density at radius 1 is 1.52 bits per heavy atom. The first kappa shape index (κ1) is 17.9. The summed E-state index contributed by atoms with van der Waals surface area (Å²) in [5, 5.41) is 20.8. The lowest BCUT2D eigenvalue weighted by atomic mass is 9.83. The summed E-state index contributed by atoms with van der Waals surface area (Å²) >= 11 is 0. The van der Waals surface area contributed by atoms with E-state index in [4.69, 9.17) is 4.74 Å². The molecule has 0 amide bonds. The smallest absolute Gasteiger partial charge is 0.303 e. The summed E-state index contributed by atoms with van der Waals surface area (Å²) in [6, 6.07) is 0. The summed E-state index contributed by atoms with van der Waals surface area (Å²) in [6.07, 6.45) is 3.89. The number of allylic oxidation sites excluding steroid dienone is 1. The van der Waals surface area contributed by atoms with Crippen molar-refractivity contribution in [2.24, 2.45) is 11.8 Å². The summed E-state index contributed by atoms with van der Waals surface area (Å²) in [4.78, 5) is 11.3. The van der Waals surface area contributed by atoms with Crippen LogP contribution in [-0.2, 0) is 9.53 Å². The molecule has 120 valence electrons. The van der Waals surface area contributed by atoms with Crippen molar-refractivity contribution in [1.29, 1.82) is 0 Å². The van der Waals surface area contributed by atoms with E-state index >= 15 is 0 Å². The van der Waals surface area contributed by atoms with Gasteiger partial charge in [-0.3, -0.25) is 4.79 Å². The standard InChI is InChI=1S/C17H28O4/c1-11(2)14-7-6-12(3)15(19)10-16(21-13(4)18)17(5,20)9-8-14/h8-9,11,14-16,19-20H,3,6-7,10H2,1-2,4-5H3/b9-8+/t14-,15+,16+,17-/m1/s1. The number of hydrogen-bond donors (Lipinski definition) is 2. The molecule has 0 saturated heterocycles. The molecule has 4 heteroatoms. The van der Waals surface area contributed by atoms with E-state index in [1.807, 2.05) is 6.08 Å². The molecule has 0 spiro atoms. The third-order valence-corrected chi connectivity index (χ3v) is 4.20. The maximum absolute atomic E-state index is 11.3. The Labute approximate surface area is 127 Å². The zero-order valence-corrected chi connectivity index (χ0v) is 13.5. The van der Waals surface area contributed by atoms with Crippen LogP contribution in [0.5, 0.6) is 0 Å². The predicted octanol–water partition coefficient (Wildman–Crippen LogP) is 2.60. The van der Waals surface area contributed by atoms with Gasteiger partial charge in [0.1, 0.15) is 11.7 Å². The highest BCUT2D eigenvalue weighted by atomic mass is 16.6. The fourth-order valence-electron chi connectivity index (χ4n) is 2.57. The van der Waals surface area contributed by atoms with Crippen LogP contribution < -0.4 is 0 Å². The first-order valence-corrected chi connectivity index (χ1v) is 7.58. The maximum Gasteiger partial charge on any atom is 0.303 e. The summed E-state index contributed by atoms with van der Waals surface area (Å²) in [7, 11) is 0. The van der Waals surface area contributed by atoms with Gasteiger partial charge in [-0.1, -0.05) is 32.6 Å². The Morgan fingerprint density at radius 2 is 2.14 bits per heavy atom. The van der Waals surface area contributed by atoms with Crippen LogP contribution in [0.15, 0.2) is 24.3 Å². The SMILES string of the molecule is C=C1CC[C@@H](C(C)C)/C=C/[C@@](C)(O)[C@@H](OC(C)=O)C[C@@H]1O. The third-order valence-electron chi connectivity index (χ3n) is 4.20. The van der Waals surface area contributed by atoms with Crippen LogP contribution >= 0.6 is 0 Å². The third kappa shape index (κ3) is 5.29. The topological polar surface area (TPSA) is 66.8 Å². The van der Waals surface area contributed by atoms with E-state index in [-0.39, 0.29) is 12.3 Å². The first-order valence-electron chi connectivity index (χ1n) is 7.58. The van der Waals surface area contributed by atoms with Gasteiger partial charge in [0.25, 0.3) is 0 Å². The molecule has 0 saturated carbocycles. The molecule has 0 radical (unpaired) electrons. The number of ether oxygens (including phenoxy) is 1. The molecule has 21 heavy (non-hydrogen) atoms. The van der Waals surface area contributed by atoms with Crippen LogP contribution in [0.1, 0.15) is 47.0 Å². The van der Waals surface area contributed by atoms with Gasteiger partial charge in [-0.25, -0.2) is 0 Å². The number of esters is 1. The second kappa shape index (κ2) is 7.23. The molecular formula is C17H28O4. The number of hydrogen-bond acceptors (Lipinski definition) is 4. The summed E-state index contributed by atoms with van der Waals surface area (Å²) in [5.41, 5.74) is -0.582. The van der Waals surface area contributed by atoms with Gasteiger partial charge in [-0.2, -0.15) is 0 Å². The zero-order valence-electron chi connectivity index (χ0n) is 13.5. The minimum atomic E-state index is -1.31. The molecule has 4 nitrogen and oxygen atoms in total. The molecule has 0 aliphatic heterocycles. The highest BCUT2D eigenvalue weighted by molar-refractivity contribution is 5.66. The van der Waals surface area contributed by atoms with Crippen LogP contribution in [0.4, 0.5) is 0 Å². The maximum atomic E-state index is 11.3. The van der Waals surface area contributed by atoms with E-state index in [1.54, 1.807) is 13.0 Å². The van der Waals surface area contributed by atoms with Crippen LogP contribution in [-0.4, -0.2) is 34.0 Å². The molecule has 0 unspecified atom stereocenters. The van der Waals surface area contributed by atoms with E-state index in [9.17, 15) is 15.0 Å². The molecule has 0 aromatic rings. The molecule has 0 heterocycles. The Morgan fingerprint density at radius 3 is 2.67 bits per heavy atom. The summed E-state index contributed by atoms with van der Waals surface area (Å²) in [6.45, 7) is 11.1. The van der Waals surface area contributed by atoms with Crippen LogP contribution in [0, 0.1) is 11.8 Å². The minimum absolute atomic E-state index is 0.155. The zero-order chi connectivity index (χ0) is 16.2. The van der Waals surface area contributed by atoms with Crippen molar-refractivity contribution in [3.8, 4) is 0 Å². The lowest BCUT2D eigenvalue weighted by Crippen LogP contribution is -2.43. The summed E-state index contributed by atoms with van der Waals surface area (Å²) < 4.78 is 5.21. The number of aliphatic hydroxyl groups is 2. The average molecular weight is 296 g/mol. The van der Waals surface area contributed by atoms with Crippen molar-refractivity contribution < 1.29 is 19.7 Å². The second-order valence-corrected chi connectivity index (χ2v) is 6.54. The molecular weight excluding hydrogens is 268 g/mol. The molecule has 0 aromatic carbocycles. The molecule has 0 bridgehead atoms. The van der Waals surface area contributed by atoms with Crippen LogP contribution in [0.2, 0.25) is 0 Å². The van der Waals surface area contributed by atoms with Crippen molar-refractivity contribution >= 4 is 5.97 Å². The van der Waals surface area contributed by atoms with E-state index in [0.29, 0.717) is 5.92 Å². The number of carbonyl (C=O) groups is 1. The molecule has 0 aromatic heterocycles. The van der Waals surface area contributed by atoms with Crippen molar-refractivity contribution in [2.75, 3.05) is 0 Å². The first-order chi connectivity index (χ1) is 9.63. The van der Waals surface area contributed by atoms with Gasteiger partial charge in [0, 0.05) is 13.3 Å². The van der Waals surface area contributed by atoms with E-state index < -0.39 is 23.8 Å². The molecule has 1 aliphatic carbocycles. The highest BCUT2D eigenvalue weighted by Gasteiger charge is 2.35. The molecule has 2 N–H and O–H groups in total. The van der Waals surface area contributed by atoms with Crippen molar-refractivity contribution in [1.82, 2.24) is 0 Å². The lowest BCUT2D eigenvalue weighted by molar-refractivity contribution is -0.159. The highest BCUT2D eigenvalue weighted by Crippen LogP contribution is 2.29. The lowest BCUT2D eigenvalue weighted by Gasteiger charge is -2.33. The van der Waals surface area contributed by atoms with Gasteiger partial charge in [-0.15, -0.1) is 0 Å². The largest absolute Gasteiger partial charge is 0.459 e. The fourth-order valence-corrected chi connectivity index (χ4v) is 2.57. The molecule has 1 rings (SSSR count). The van der Waals surface area contributed by atoms with Crippen molar-refractivity contribution in [2.45, 2.75) is 64.8 Å². The van der Waals surface area contributed by atoms with Crippen molar-refractivity contribution in [3.63, 3.8) is 0 Å². The van der Waals surface area contributed by atoms with Gasteiger partial charge in [-0.05, 0) is 37.2 Å². The van der Waals surface area contributed by atoms with Crippen LogP contribution in [0.3, 0.4) is 0 Å². The Kier molecular flexibility index (Phi) is 6.17.